The monoisotopic (exact) mass is 189 g/mol. The Bertz CT molecular complexity index is 148. The Morgan fingerprint density at radius 1 is 1.62 bits per heavy atom. The number of carbonyl (C=O) groups is 1. The van der Waals surface area contributed by atoms with Gasteiger partial charge in [-0.25, -0.2) is 0 Å². The van der Waals surface area contributed by atoms with Crippen molar-refractivity contribution in [1.29, 1.82) is 0 Å². The molecule has 78 valence electrons. The molecule has 0 amide bonds. The average molecular weight is 189 g/mol. The molecule has 0 aliphatic heterocycles. The van der Waals surface area contributed by atoms with E-state index in [1.165, 1.54) is 13.4 Å². The molecule has 1 atom stereocenters. The smallest absolute Gasteiger partial charge is 0.306 e. The van der Waals surface area contributed by atoms with E-state index < -0.39 is 5.97 Å². The van der Waals surface area contributed by atoms with E-state index in [1.807, 2.05) is 0 Å². The fourth-order valence-corrected chi connectivity index (χ4v) is 0.687. The third-order valence-corrected chi connectivity index (χ3v) is 1.45. The summed E-state index contributed by atoms with van der Waals surface area (Å²) < 4.78 is 0. The highest BCUT2D eigenvalue weighted by Gasteiger charge is 2.08. The molecule has 0 radical (unpaired) electrons. The largest absolute Gasteiger partial charge is 0.481 e. The van der Waals surface area contributed by atoms with Crippen molar-refractivity contribution in [3.05, 3.63) is 0 Å². The van der Waals surface area contributed by atoms with E-state index in [9.17, 15) is 4.79 Å². The van der Waals surface area contributed by atoms with Crippen molar-refractivity contribution in [2.75, 3.05) is 13.6 Å². The first-order valence-corrected chi connectivity index (χ1v) is 4.19. The van der Waals surface area contributed by atoms with Crippen molar-refractivity contribution in [2.45, 2.75) is 19.8 Å². The van der Waals surface area contributed by atoms with Gasteiger partial charge in [-0.05, 0) is 19.9 Å². The minimum atomic E-state index is -0.748. The lowest BCUT2D eigenvalue weighted by Crippen LogP contribution is -2.09. The van der Waals surface area contributed by atoms with E-state index in [0.29, 0.717) is 13.0 Å². The molecule has 0 spiro atoms. The maximum atomic E-state index is 10.3. The second-order valence-corrected chi connectivity index (χ2v) is 2.44. The summed E-state index contributed by atoms with van der Waals surface area (Å²) in [6.45, 7) is 2.31. The fourth-order valence-electron chi connectivity index (χ4n) is 0.687. The lowest BCUT2D eigenvalue weighted by atomic mass is 10.1. The van der Waals surface area contributed by atoms with Crippen LogP contribution in [-0.4, -0.2) is 31.0 Å². The molecule has 5 heteroatoms. The SMILES string of the molecule is CC(CCCN=CN)C(=O)O.CN. The van der Waals surface area contributed by atoms with Gasteiger partial charge in [0.05, 0.1) is 12.3 Å². The van der Waals surface area contributed by atoms with Crippen molar-refractivity contribution in [3.8, 4) is 0 Å². The van der Waals surface area contributed by atoms with Crippen molar-refractivity contribution in [1.82, 2.24) is 0 Å². The third-order valence-electron chi connectivity index (χ3n) is 1.45. The molecule has 0 bridgehead atoms. The van der Waals surface area contributed by atoms with Gasteiger partial charge in [0.1, 0.15) is 0 Å². The summed E-state index contributed by atoms with van der Waals surface area (Å²) in [6.07, 6.45) is 2.68. The number of aliphatic carboxylic acids is 1. The summed E-state index contributed by atoms with van der Waals surface area (Å²) >= 11 is 0. The van der Waals surface area contributed by atoms with Crippen LogP contribution in [0.5, 0.6) is 0 Å². The number of nitrogens with two attached hydrogens (primary N) is 2. The zero-order chi connectivity index (χ0) is 10.7. The van der Waals surface area contributed by atoms with Gasteiger partial charge < -0.3 is 16.6 Å². The highest BCUT2D eigenvalue weighted by atomic mass is 16.4. The lowest BCUT2D eigenvalue weighted by molar-refractivity contribution is -0.141. The second-order valence-electron chi connectivity index (χ2n) is 2.44. The first-order chi connectivity index (χ1) is 6.18. The van der Waals surface area contributed by atoms with Gasteiger partial charge >= 0.3 is 5.97 Å². The fraction of sp³-hybridized carbons (Fsp3) is 0.750. The first-order valence-electron chi connectivity index (χ1n) is 4.19. The number of rotatable bonds is 5. The Morgan fingerprint density at radius 2 is 2.15 bits per heavy atom. The zero-order valence-corrected chi connectivity index (χ0v) is 8.23. The summed E-state index contributed by atoms with van der Waals surface area (Å²) in [4.78, 5) is 14.1. The van der Waals surface area contributed by atoms with Crippen LogP contribution in [0, 0.1) is 5.92 Å². The highest BCUT2D eigenvalue weighted by Crippen LogP contribution is 2.04. The Labute approximate surface area is 78.8 Å². The Hall–Kier alpha value is -1.10. The van der Waals surface area contributed by atoms with Crippen LogP contribution < -0.4 is 11.5 Å². The molecule has 0 fully saturated rings. The summed E-state index contributed by atoms with van der Waals surface area (Å²) in [6, 6.07) is 0. The molecule has 0 saturated heterocycles. The topological polar surface area (TPSA) is 102 Å². The molecule has 5 N–H and O–H groups in total. The van der Waals surface area contributed by atoms with Crippen molar-refractivity contribution in [3.63, 3.8) is 0 Å². The van der Waals surface area contributed by atoms with Gasteiger partial charge in [-0.2, -0.15) is 0 Å². The number of aliphatic imine (C=N–C) groups is 1. The van der Waals surface area contributed by atoms with Crippen LogP contribution in [0.1, 0.15) is 19.8 Å². The van der Waals surface area contributed by atoms with Gasteiger partial charge in [0, 0.05) is 6.54 Å². The molecule has 0 aromatic rings. The van der Waals surface area contributed by atoms with E-state index in [1.54, 1.807) is 6.92 Å². The van der Waals surface area contributed by atoms with Crippen molar-refractivity contribution < 1.29 is 9.90 Å². The second kappa shape index (κ2) is 10.9. The summed E-state index contributed by atoms with van der Waals surface area (Å²) in [7, 11) is 1.50. The van der Waals surface area contributed by atoms with Crippen LogP contribution in [0.25, 0.3) is 0 Å². The predicted molar refractivity (Wildman–Crippen MR) is 53.7 cm³/mol. The average Bonchev–Trinajstić information content (AvgIpc) is 2.15. The number of carboxylic acid groups (broad SMARTS) is 1. The van der Waals surface area contributed by atoms with Crippen LogP contribution in [0.4, 0.5) is 0 Å². The Balaban J connectivity index is 0. The maximum absolute atomic E-state index is 10.3. The van der Waals surface area contributed by atoms with Gasteiger partial charge in [0.15, 0.2) is 0 Å². The van der Waals surface area contributed by atoms with E-state index in [-0.39, 0.29) is 5.92 Å². The number of carboxylic acids is 1. The zero-order valence-electron chi connectivity index (χ0n) is 8.23. The van der Waals surface area contributed by atoms with E-state index >= 15 is 0 Å². The van der Waals surface area contributed by atoms with E-state index in [0.717, 1.165) is 6.42 Å². The Morgan fingerprint density at radius 3 is 2.54 bits per heavy atom. The normalized spacial score (nSPS) is 11.9. The molecule has 0 heterocycles. The first kappa shape index (κ1) is 14.4. The van der Waals surface area contributed by atoms with Crippen LogP contribution in [0.15, 0.2) is 4.99 Å². The van der Waals surface area contributed by atoms with E-state index in [2.05, 4.69) is 10.7 Å². The summed E-state index contributed by atoms with van der Waals surface area (Å²) in [5, 5.41) is 8.48. The Kier molecular flexibility index (Phi) is 12.1. The van der Waals surface area contributed by atoms with Crippen LogP contribution in [-0.2, 0) is 4.79 Å². The quantitative estimate of drug-likeness (QED) is 0.323. The molecule has 5 nitrogen and oxygen atoms in total. The molecule has 13 heavy (non-hydrogen) atoms. The number of hydrogen-bond donors (Lipinski definition) is 3. The molecule has 0 aliphatic rings. The van der Waals surface area contributed by atoms with Crippen molar-refractivity contribution >= 4 is 12.3 Å². The van der Waals surface area contributed by atoms with E-state index in [4.69, 9.17) is 10.8 Å². The minimum absolute atomic E-state index is 0.275. The molecular weight excluding hydrogens is 170 g/mol. The third kappa shape index (κ3) is 10.9. The van der Waals surface area contributed by atoms with Gasteiger partial charge in [-0.15, -0.1) is 0 Å². The molecule has 0 aromatic heterocycles. The summed E-state index contributed by atoms with van der Waals surface area (Å²) in [5.41, 5.74) is 9.50. The number of nitrogens with zero attached hydrogens (tertiary/aromatic N) is 1. The van der Waals surface area contributed by atoms with Crippen LogP contribution in [0.3, 0.4) is 0 Å². The number of hydrogen-bond acceptors (Lipinski definition) is 3. The van der Waals surface area contributed by atoms with Gasteiger partial charge in [0.2, 0.25) is 0 Å². The predicted octanol–water partition coefficient (Wildman–Crippen LogP) is 0.0492. The van der Waals surface area contributed by atoms with Gasteiger partial charge in [-0.1, -0.05) is 6.92 Å². The molecule has 0 rings (SSSR count). The molecular formula is C8H19N3O2. The maximum Gasteiger partial charge on any atom is 0.306 e. The van der Waals surface area contributed by atoms with Crippen LogP contribution >= 0.6 is 0 Å². The molecule has 0 aliphatic carbocycles. The molecule has 0 saturated carbocycles. The van der Waals surface area contributed by atoms with Crippen molar-refractivity contribution in [2.24, 2.45) is 22.4 Å². The molecule has 0 aromatic carbocycles. The lowest BCUT2D eigenvalue weighted by Gasteiger charge is -2.02. The van der Waals surface area contributed by atoms with Gasteiger partial charge in [-0.3, -0.25) is 9.79 Å². The highest BCUT2D eigenvalue weighted by molar-refractivity contribution is 5.69. The standard InChI is InChI=1S/C7H14N2O2.CH5N/c1-6(7(10)11)3-2-4-9-5-8;1-2/h5-6H,2-4H2,1H3,(H2,8,9)(H,10,11);2H2,1H3. The minimum Gasteiger partial charge on any atom is -0.481 e. The van der Waals surface area contributed by atoms with Crippen LogP contribution in [0.2, 0.25) is 0 Å². The van der Waals surface area contributed by atoms with Gasteiger partial charge in [0.25, 0.3) is 0 Å². The molecule has 1 unspecified atom stereocenters. The summed E-state index contributed by atoms with van der Waals surface area (Å²) in [5.74, 6) is -1.02.